The molecule has 0 N–H and O–H groups in total. The summed E-state index contributed by atoms with van der Waals surface area (Å²) in [6.45, 7) is 14.6. The fourth-order valence-electron chi connectivity index (χ4n) is 2.67. The predicted octanol–water partition coefficient (Wildman–Crippen LogP) is 2.37. The number of aryl methyl sites for hydroxylation is 2. The molecular formula is C16H27N3O2. The first-order valence-electron chi connectivity index (χ1n) is 7.68. The number of aromatic nitrogens is 1. The highest BCUT2D eigenvalue weighted by Crippen LogP contribution is 2.21. The summed E-state index contributed by atoms with van der Waals surface area (Å²) in [7, 11) is 0. The van der Waals surface area contributed by atoms with E-state index < -0.39 is 0 Å². The summed E-state index contributed by atoms with van der Waals surface area (Å²) in [6, 6.07) is 0. The van der Waals surface area contributed by atoms with Gasteiger partial charge >= 0.3 is 0 Å². The molecule has 1 aliphatic rings. The van der Waals surface area contributed by atoms with Crippen LogP contribution < -0.4 is 0 Å². The topological polar surface area (TPSA) is 49.6 Å². The van der Waals surface area contributed by atoms with Crippen LogP contribution in [0.15, 0.2) is 4.52 Å². The second-order valence-corrected chi connectivity index (χ2v) is 7.20. The standard InChI is InChI=1S/C16H27N3O2/c1-12-14(13(2)21-17-12)11-18-6-8-19(9-7-18)15(20)10-16(3,4)5/h6-11H2,1-5H3. The van der Waals surface area contributed by atoms with Crippen LogP contribution in [-0.4, -0.2) is 47.0 Å². The van der Waals surface area contributed by atoms with Gasteiger partial charge in [0.2, 0.25) is 5.91 Å². The summed E-state index contributed by atoms with van der Waals surface area (Å²) < 4.78 is 5.21. The lowest BCUT2D eigenvalue weighted by atomic mass is 9.91. The monoisotopic (exact) mass is 293 g/mol. The highest BCUT2D eigenvalue weighted by Gasteiger charge is 2.25. The average Bonchev–Trinajstić information content (AvgIpc) is 2.69. The first-order valence-corrected chi connectivity index (χ1v) is 7.68. The molecule has 0 bridgehead atoms. The molecule has 0 aromatic carbocycles. The predicted molar refractivity (Wildman–Crippen MR) is 81.9 cm³/mol. The van der Waals surface area contributed by atoms with Gasteiger partial charge in [0.15, 0.2) is 0 Å². The molecule has 21 heavy (non-hydrogen) atoms. The highest BCUT2D eigenvalue weighted by atomic mass is 16.5. The summed E-state index contributed by atoms with van der Waals surface area (Å²) >= 11 is 0. The molecule has 1 aromatic rings. The van der Waals surface area contributed by atoms with Gasteiger partial charge in [-0.25, -0.2) is 0 Å². The van der Waals surface area contributed by atoms with Gasteiger partial charge in [-0.1, -0.05) is 25.9 Å². The summed E-state index contributed by atoms with van der Waals surface area (Å²) in [5, 5.41) is 4.00. The molecule has 1 amide bonds. The van der Waals surface area contributed by atoms with Crippen molar-refractivity contribution in [1.82, 2.24) is 15.0 Å². The molecule has 0 spiro atoms. The molecule has 0 unspecified atom stereocenters. The minimum Gasteiger partial charge on any atom is -0.361 e. The minimum atomic E-state index is 0.0604. The molecule has 1 saturated heterocycles. The van der Waals surface area contributed by atoms with Crippen molar-refractivity contribution in [1.29, 1.82) is 0 Å². The van der Waals surface area contributed by atoms with Crippen LogP contribution in [0.25, 0.3) is 0 Å². The van der Waals surface area contributed by atoms with Crippen molar-refractivity contribution in [3.63, 3.8) is 0 Å². The Balaban J connectivity index is 1.85. The lowest BCUT2D eigenvalue weighted by Crippen LogP contribution is -2.48. The van der Waals surface area contributed by atoms with Crippen molar-refractivity contribution in [2.24, 2.45) is 5.41 Å². The maximum Gasteiger partial charge on any atom is 0.223 e. The van der Waals surface area contributed by atoms with E-state index in [4.69, 9.17) is 4.52 Å². The fourth-order valence-corrected chi connectivity index (χ4v) is 2.67. The summed E-state index contributed by atoms with van der Waals surface area (Å²) in [5.74, 6) is 1.18. The Morgan fingerprint density at radius 2 is 1.81 bits per heavy atom. The highest BCUT2D eigenvalue weighted by molar-refractivity contribution is 5.76. The second kappa shape index (κ2) is 6.18. The third-order valence-electron chi connectivity index (χ3n) is 3.97. The number of rotatable bonds is 3. The minimum absolute atomic E-state index is 0.0604. The van der Waals surface area contributed by atoms with E-state index in [1.54, 1.807) is 0 Å². The normalized spacial score (nSPS) is 17.3. The molecule has 1 fully saturated rings. The second-order valence-electron chi connectivity index (χ2n) is 7.20. The van der Waals surface area contributed by atoms with Gasteiger partial charge in [0.1, 0.15) is 5.76 Å². The Bertz CT molecular complexity index is 475. The Kier molecular flexibility index (Phi) is 4.71. The third-order valence-corrected chi connectivity index (χ3v) is 3.97. The Morgan fingerprint density at radius 3 is 2.29 bits per heavy atom. The summed E-state index contributed by atoms with van der Waals surface area (Å²) in [5.41, 5.74) is 2.22. The maximum absolute atomic E-state index is 12.2. The lowest BCUT2D eigenvalue weighted by molar-refractivity contribution is -0.134. The van der Waals surface area contributed by atoms with Gasteiger partial charge in [-0.2, -0.15) is 0 Å². The SMILES string of the molecule is Cc1noc(C)c1CN1CCN(C(=O)CC(C)(C)C)CC1. The quantitative estimate of drug-likeness (QED) is 0.858. The first kappa shape index (κ1) is 16.0. The van der Waals surface area contributed by atoms with Crippen LogP contribution >= 0.6 is 0 Å². The fraction of sp³-hybridized carbons (Fsp3) is 0.750. The molecule has 1 aliphatic heterocycles. The molecule has 0 saturated carbocycles. The van der Waals surface area contributed by atoms with Gasteiger partial charge in [0.05, 0.1) is 5.69 Å². The van der Waals surface area contributed by atoms with Crippen molar-refractivity contribution in [2.45, 2.75) is 47.6 Å². The van der Waals surface area contributed by atoms with Crippen LogP contribution in [-0.2, 0) is 11.3 Å². The summed E-state index contributed by atoms with van der Waals surface area (Å²) in [4.78, 5) is 16.6. The molecule has 2 rings (SSSR count). The van der Waals surface area contributed by atoms with Crippen LogP contribution in [0, 0.1) is 19.3 Å². The number of piperazine rings is 1. The van der Waals surface area contributed by atoms with Crippen molar-refractivity contribution in [3.05, 3.63) is 17.0 Å². The van der Waals surface area contributed by atoms with Crippen LogP contribution in [0.2, 0.25) is 0 Å². The van der Waals surface area contributed by atoms with Gasteiger partial charge in [0.25, 0.3) is 0 Å². The zero-order chi connectivity index (χ0) is 15.6. The van der Waals surface area contributed by atoms with Crippen LogP contribution in [0.1, 0.15) is 44.2 Å². The van der Waals surface area contributed by atoms with Crippen LogP contribution in [0.4, 0.5) is 0 Å². The van der Waals surface area contributed by atoms with Crippen LogP contribution in [0.3, 0.4) is 0 Å². The van der Waals surface area contributed by atoms with Crippen molar-refractivity contribution < 1.29 is 9.32 Å². The van der Waals surface area contributed by atoms with E-state index in [1.807, 2.05) is 18.7 Å². The Labute approximate surface area is 127 Å². The molecule has 0 radical (unpaired) electrons. The molecule has 5 heteroatoms. The van der Waals surface area contributed by atoms with E-state index in [-0.39, 0.29) is 11.3 Å². The number of hydrogen-bond donors (Lipinski definition) is 0. The molecule has 118 valence electrons. The molecular weight excluding hydrogens is 266 g/mol. The van der Waals surface area contributed by atoms with Gasteiger partial charge in [-0.3, -0.25) is 9.69 Å². The zero-order valence-corrected chi connectivity index (χ0v) is 13.9. The number of hydrogen-bond acceptors (Lipinski definition) is 4. The first-order chi connectivity index (χ1) is 9.76. The molecule has 2 heterocycles. The average molecular weight is 293 g/mol. The van der Waals surface area contributed by atoms with Gasteiger partial charge in [-0.05, 0) is 19.3 Å². The molecule has 0 aliphatic carbocycles. The van der Waals surface area contributed by atoms with E-state index in [9.17, 15) is 4.79 Å². The number of carbonyl (C=O) groups excluding carboxylic acids is 1. The summed E-state index contributed by atoms with van der Waals surface area (Å²) in [6.07, 6.45) is 0.622. The van der Waals surface area contributed by atoms with E-state index in [1.165, 1.54) is 5.56 Å². The van der Waals surface area contributed by atoms with Crippen molar-refractivity contribution >= 4 is 5.91 Å². The Morgan fingerprint density at radius 1 is 1.19 bits per heavy atom. The van der Waals surface area contributed by atoms with E-state index in [0.717, 1.165) is 44.2 Å². The number of amides is 1. The van der Waals surface area contributed by atoms with Gasteiger partial charge in [0, 0.05) is 44.7 Å². The van der Waals surface area contributed by atoms with Crippen molar-refractivity contribution in [3.8, 4) is 0 Å². The third kappa shape index (κ3) is 4.30. The van der Waals surface area contributed by atoms with E-state index in [2.05, 4.69) is 30.8 Å². The number of carbonyl (C=O) groups is 1. The Hall–Kier alpha value is -1.36. The zero-order valence-electron chi connectivity index (χ0n) is 13.9. The molecule has 5 nitrogen and oxygen atoms in total. The van der Waals surface area contributed by atoms with Gasteiger partial charge in [-0.15, -0.1) is 0 Å². The van der Waals surface area contributed by atoms with Crippen LogP contribution in [0.5, 0.6) is 0 Å². The molecule has 0 atom stereocenters. The van der Waals surface area contributed by atoms with E-state index in [0.29, 0.717) is 6.42 Å². The maximum atomic E-state index is 12.2. The largest absolute Gasteiger partial charge is 0.361 e. The smallest absolute Gasteiger partial charge is 0.223 e. The molecule has 1 aromatic heterocycles. The lowest BCUT2D eigenvalue weighted by Gasteiger charge is -2.35. The van der Waals surface area contributed by atoms with Gasteiger partial charge < -0.3 is 9.42 Å². The van der Waals surface area contributed by atoms with E-state index >= 15 is 0 Å². The van der Waals surface area contributed by atoms with Crippen molar-refractivity contribution in [2.75, 3.05) is 26.2 Å². The number of nitrogens with zero attached hydrogens (tertiary/aromatic N) is 3.